The van der Waals surface area contributed by atoms with Crippen molar-refractivity contribution in [2.24, 2.45) is 0 Å². The molecule has 1 aliphatic rings. The number of hydrogen-bond acceptors (Lipinski definition) is 4. The van der Waals surface area contributed by atoms with Crippen LogP contribution in [0.15, 0.2) is 47.3 Å². The Hall–Kier alpha value is -2.89. The second-order valence-electron chi connectivity index (χ2n) is 7.71. The topological polar surface area (TPSA) is 73.0 Å². The first kappa shape index (κ1) is 16.6. The lowest BCUT2D eigenvalue weighted by molar-refractivity contribution is 0.100. The van der Waals surface area contributed by atoms with Crippen LogP contribution >= 0.6 is 0 Å². The van der Waals surface area contributed by atoms with Crippen molar-refractivity contribution in [3.8, 4) is 11.3 Å². The first-order chi connectivity index (χ1) is 12.4. The van der Waals surface area contributed by atoms with Gasteiger partial charge in [-0.3, -0.25) is 9.48 Å². The van der Waals surface area contributed by atoms with Crippen molar-refractivity contribution in [2.45, 2.75) is 45.1 Å². The molecule has 1 aromatic carbocycles. The van der Waals surface area contributed by atoms with E-state index in [1.807, 2.05) is 35.0 Å². The van der Waals surface area contributed by atoms with Crippen LogP contribution < -0.4 is 5.32 Å². The smallest absolute Gasteiger partial charge is 0.273 e. The van der Waals surface area contributed by atoms with Gasteiger partial charge in [0.2, 0.25) is 0 Å². The molecule has 3 aromatic rings. The summed E-state index contributed by atoms with van der Waals surface area (Å²) >= 11 is 0. The molecule has 1 aliphatic carbocycles. The van der Waals surface area contributed by atoms with Crippen molar-refractivity contribution in [3.05, 3.63) is 54.3 Å². The number of amides is 1. The minimum atomic E-state index is -0.262. The van der Waals surface area contributed by atoms with Crippen LogP contribution in [0.4, 0.5) is 5.69 Å². The fourth-order valence-electron chi connectivity index (χ4n) is 2.95. The van der Waals surface area contributed by atoms with Gasteiger partial charge in [-0.25, -0.2) is 4.98 Å². The molecule has 0 spiro atoms. The van der Waals surface area contributed by atoms with E-state index in [4.69, 9.17) is 9.52 Å². The van der Waals surface area contributed by atoms with Gasteiger partial charge in [-0.2, -0.15) is 5.10 Å². The minimum absolute atomic E-state index is 0.158. The standard InChI is InChI=1S/C20H22N4O2/c1-20(2,3)24-17(10-16(23-24)13-7-8-13)19(25)22-15-6-4-5-14(9-15)18-11-21-12-26-18/h4-6,9-13H,7-8H2,1-3H3,(H,22,25). The molecule has 1 saturated carbocycles. The summed E-state index contributed by atoms with van der Waals surface area (Å²) in [6.45, 7) is 6.16. The highest BCUT2D eigenvalue weighted by atomic mass is 16.3. The maximum Gasteiger partial charge on any atom is 0.273 e. The molecule has 134 valence electrons. The third kappa shape index (κ3) is 3.27. The van der Waals surface area contributed by atoms with Crippen LogP contribution in [-0.2, 0) is 5.54 Å². The number of oxazole rings is 1. The summed E-state index contributed by atoms with van der Waals surface area (Å²) < 4.78 is 7.16. The zero-order chi connectivity index (χ0) is 18.3. The van der Waals surface area contributed by atoms with Crippen LogP contribution in [-0.4, -0.2) is 20.7 Å². The lowest BCUT2D eigenvalue weighted by Gasteiger charge is -2.22. The molecule has 6 heteroatoms. The van der Waals surface area contributed by atoms with Gasteiger partial charge in [-0.1, -0.05) is 12.1 Å². The zero-order valence-electron chi connectivity index (χ0n) is 15.2. The Morgan fingerprint density at radius 1 is 1.27 bits per heavy atom. The van der Waals surface area contributed by atoms with Crippen LogP contribution in [0.3, 0.4) is 0 Å². The summed E-state index contributed by atoms with van der Waals surface area (Å²) in [7, 11) is 0. The number of benzene rings is 1. The predicted octanol–water partition coefficient (Wildman–Crippen LogP) is 4.42. The average molecular weight is 350 g/mol. The molecule has 0 radical (unpaired) electrons. The molecule has 2 heterocycles. The van der Waals surface area contributed by atoms with Gasteiger partial charge < -0.3 is 9.73 Å². The van der Waals surface area contributed by atoms with Crippen molar-refractivity contribution < 1.29 is 9.21 Å². The lowest BCUT2D eigenvalue weighted by Crippen LogP contribution is -2.29. The Morgan fingerprint density at radius 3 is 2.73 bits per heavy atom. The molecule has 1 amide bonds. The average Bonchev–Trinajstić information content (AvgIpc) is 3.12. The van der Waals surface area contributed by atoms with Gasteiger partial charge >= 0.3 is 0 Å². The molecule has 0 unspecified atom stereocenters. The Kier molecular flexibility index (Phi) is 3.90. The normalized spacial score (nSPS) is 14.4. The van der Waals surface area contributed by atoms with Crippen molar-refractivity contribution in [1.29, 1.82) is 0 Å². The van der Waals surface area contributed by atoms with Gasteiger partial charge in [0, 0.05) is 17.2 Å². The fraction of sp³-hybridized carbons (Fsp3) is 0.350. The van der Waals surface area contributed by atoms with E-state index in [-0.39, 0.29) is 11.4 Å². The maximum atomic E-state index is 12.9. The van der Waals surface area contributed by atoms with Gasteiger partial charge in [-0.05, 0) is 51.8 Å². The van der Waals surface area contributed by atoms with E-state index in [9.17, 15) is 4.79 Å². The molecule has 0 atom stereocenters. The minimum Gasteiger partial charge on any atom is -0.444 e. The summed E-state index contributed by atoms with van der Waals surface area (Å²) in [6, 6.07) is 9.46. The number of hydrogen-bond donors (Lipinski definition) is 1. The first-order valence-electron chi connectivity index (χ1n) is 8.82. The molecule has 0 aliphatic heterocycles. The van der Waals surface area contributed by atoms with Crippen molar-refractivity contribution in [2.75, 3.05) is 5.32 Å². The lowest BCUT2D eigenvalue weighted by atomic mass is 10.1. The van der Waals surface area contributed by atoms with Gasteiger partial charge in [0.15, 0.2) is 12.2 Å². The summed E-state index contributed by atoms with van der Waals surface area (Å²) in [4.78, 5) is 16.9. The molecule has 4 rings (SSSR count). The number of rotatable bonds is 4. The number of carbonyl (C=O) groups is 1. The third-order valence-corrected chi connectivity index (χ3v) is 4.43. The Labute approximate surface area is 152 Å². The monoisotopic (exact) mass is 350 g/mol. The van der Waals surface area contributed by atoms with Crippen molar-refractivity contribution >= 4 is 11.6 Å². The van der Waals surface area contributed by atoms with Crippen LogP contribution in [0.2, 0.25) is 0 Å². The van der Waals surface area contributed by atoms with Crippen LogP contribution in [0, 0.1) is 0 Å². The van der Waals surface area contributed by atoms with Crippen LogP contribution in [0.1, 0.15) is 55.7 Å². The quantitative estimate of drug-likeness (QED) is 0.756. The second kappa shape index (κ2) is 6.12. The SMILES string of the molecule is CC(C)(C)n1nc(C2CC2)cc1C(=O)Nc1cccc(-c2cnco2)c1. The molecule has 0 bridgehead atoms. The summed E-state index contributed by atoms with van der Waals surface area (Å²) in [5.41, 5.74) is 2.91. The molecule has 2 aromatic heterocycles. The summed E-state index contributed by atoms with van der Waals surface area (Å²) in [5.74, 6) is 1.01. The molecule has 6 nitrogen and oxygen atoms in total. The van der Waals surface area contributed by atoms with E-state index in [1.165, 1.54) is 6.39 Å². The van der Waals surface area contributed by atoms with Crippen molar-refractivity contribution in [1.82, 2.24) is 14.8 Å². The highest BCUT2D eigenvalue weighted by Gasteiger charge is 2.31. The Bertz CT molecular complexity index is 931. The highest BCUT2D eigenvalue weighted by molar-refractivity contribution is 6.03. The molecule has 1 fully saturated rings. The van der Waals surface area contributed by atoms with E-state index >= 15 is 0 Å². The number of carbonyl (C=O) groups excluding carboxylic acids is 1. The van der Waals surface area contributed by atoms with Crippen molar-refractivity contribution in [3.63, 3.8) is 0 Å². The second-order valence-corrected chi connectivity index (χ2v) is 7.71. The van der Waals surface area contributed by atoms with Gasteiger partial charge in [0.1, 0.15) is 5.69 Å². The molecule has 26 heavy (non-hydrogen) atoms. The maximum absolute atomic E-state index is 12.9. The zero-order valence-corrected chi connectivity index (χ0v) is 15.2. The summed E-state index contributed by atoms with van der Waals surface area (Å²) in [5, 5.41) is 7.68. The van der Waals surface area contributed by atoms with Gasteiger partial charge in [0.25, 0.3) is 5.91 Å². The highest BCUT2D eigenvalue weighted by Crippen LogP contribution is 2.40. The number of anilines is 1. The first-order valence-corrected chi connectivity index (χ1v) is 8.82. The van der Waals surface area contributed by atoms with E-state index in [0.717, 1.165) is 24.1 Å². The number of nitrogens with zero attached hydrogens (tertiary/aromatic N) is 3. The largest absolute Gasteiger partial charge is 0.444 e. The third-order valence-electron chi connectivity index (χ3n) is 4.43. The van der Waals surface area contributed by atoms with Crippen LogP contribution in [0.25, 0.3) is 11.3 Å². The predicted molar refractivity (Wildman–Crippen MR) is 99.1 cm³/mol. The number of aromatic nitrogens is 3. The van der Waals surface area contributed by atoms with Crippen LogP contribution in [0.5, 0.6) is 0 Å². The number of nitrogens with one attached hydrogen (secondary N) is 1. The Balaban J connectivity index is 1.62. The fourth-order valence-corrected chi connectivity index (χ4v) is 2.95. The summed E-state index contributed by atoms with van der Waals surface area (Å²) in [6.07, 6.45) is 5.35. The molecule has 1 N–H and O–H groups in total. The Morgan fingerprint density at radius 2 is 2.08 bits per heavy atom. The van der Waals surface area contributed by atoms with E-state index in [0.29, 0.717) is 23.1 Å². The molecule has 0 saturated heterocycles. The van der Waals surface area contributed by atoms with E-state index in [1.54, 1.807) is 6.20 Å². The van der Waals surface area contributed by atoms with Gasteiger partial charge in [0.05, 0.1) is 17.4 Å². The molecular formula is C20H22N4O2. The van der Waals surface area contributed by atoms with Gasteiger partial charge in [-0.15, -0.1) is 0 Å². The molecular weight excluding hydrogens is 328 g/mol. The van der Waals surface area contributed by atoms with E-state index in [2.05, 4.69) is 31.1 Å². The van der Waals surface area contributed by atoms with E-state index < -0.39 is 0 Å².